The van der Waals surface area contributed by atoms with Gasteiger partial charge in [-0.3, -0.25) is 0 Å². The van der Waals surface area contributed by atoms with Crippen LogP contribution in [0.1, 0.15) is 26.7 Å². The minimum atomic E-state index is -0.208. The highest BCUT2D eigenvalue weighted by Crippen LogP contribution is 2.23. The standard InChI is InChI=1S/C10H16N4S/c1-10(2,7-11)5-4-6-15-9-12-8-13-14(9)3/h8H,4-6H2,1-3H3. The molecule has 0 radical (unpaired) electrons. The van der Waals surface area contributed by atoms with Gasteiger partial charge < -0.3 is 0 Å². The third-order valence-corrected chi connectivity index (χ3v) is 3.27. The fourth-order valence-corrected chi connectivity index (χ4v) is 1.98. The lowest BCUT2D eigenvalue weighted by atomic mass is 9.90. The molecule has 4 nitrogen and oxygen atoms in total. The van der Waals surface area contributed by atoms with E-state index in [0.717, 1.165) is 23.8 Å². The molecule has 0 aromatic carbocycles. The van der Waals surface area contributed by atoms with Crippen molar-refractivity contribution in [3.8, 4) is 6.07 Å². The first-order valence-electron chi connectivity index (χ1n) is 4.93. The molecule has 0 bridgehead atoms. The third-order valence-electron chi connectivity index (χ3n) is 2.15. The van der Waals surface area contributed by atoms with Crippen LogP contribution in [0, 0.1) is 16.7 Å². The largest absolute Gasteiger partial charge is 0.244 e. The van der Waals surface area contributed by atoms with E-state index in [1.807, 2.05) is 20.9 Å². The zero-order chi connectivity index (χ0) is 11.3. The molecule has 1 aromatic heterocycles. The van der Waals surface area contributed by atoms with Gasteiger partial charge in [-0.2, -0.15) is 10.4 Å². The van der Waals surface area contributed by atoms with Gasteiger partial charge in [-0.15, -0.1) is 0 Å². The van der Waals surface area contributed by atoms with E-state index < -0.39 is 0 Å². The van der Waals surface area contributed by atoms with Crippen molar-refractivity contribution in [1.82, 2.24) is 14.8 Å². The summed E-state index contributed by atoms with van der Waals surface area (Å²) in [5, 5.41) is 13.8. The van der Waals surface area contributed by atoms with Crippen LogP contribution in [0.5, 0.6) is 0 Å². The summed E-state index contributed by atoms with van der Waals surface area (Å²) in [6.07, 6.45) is 3.51. The monoisotopic (exact) mass is 224 g/mol. The predicted molar refractivity (Wildman–Crippen MR) is 60.4 cm³/mol. The average Bonchev–Trinajstić information content (AvgIpc) is 2.59. The van der Waals surface area contributed by atoms with Crippen molar-refractivity contribution >= 4 is 11.8 Å². The molecule has 15 heavy (non-hydrogen) atoms. The van der Waals surface area contributed by atoms with Gasteiger partial charge in [-0.25, -0.2) is 9.67 Å². The number of nitrogens with zero attached hydrogens (tertiary/aromatic N) is 4. The highest BCUT2D eigenvalue weighted by Gasteiger charge is 2.15. The Bertz CT molecular complexity index is 351. The summed E-state index contributed by atoms with van der Waals surface area (Å²) in [4.78, 5) is 4.12. The van der Waals surface area contributed by atoms with E-state index in [2.05, 4.69) is 16.2 Å². The van der Waals surface area contributed by atoms with Crippen molar-refractivity contribution in [2.75, 3.05) is 5.75 Å². The molecule has 0 aliphatic carbocycles. The fraction of sp³-hybridized carbons (Fsp3) is 0.700. The number of rotatable bonds is 5. The highest BCUT2D eigenvalue weighted by atomic mass is 32.2. The second-order valence-corrected chi connectivity index (χ2v) is 5.18. The van der Waals surface area contributed by atoms with Gasteiger partial charge in [0.1, 0.15) is 6.33 Å². The van der Waals surface area contributed by atoms with Crippen LogP contribution in [-0.2, 0) is 7.05 Å². The lowest BCUT2D eigenvalue weighted by Gasteiger charge is -2.13. The molecule has 1 rings (SSSR count). The van der Waals surface area contributed by atoms with Gasteiger partial charge in [0.25, 0.3) is 0 Å². The molecule has 0 spiro atoms. The number of hydrogen-bond acceptors (Lipinski definition) is 4. The first-order chi connectivity index (χ1) is 7.05. The maximum Gasteiger partial charge on any atom is 0.185 e. The van der Waals surface area contributed by atoms with E-state index in [9.17, 15) is 0 Å². The minimum absolute atomic E-state index is 0.208. The maximum atomic E-state index is 8.84. The van der Waals surface area contributed by atoms with Gasteiger partial charge in [-0.1, -0.05) is 11.8 Å². The molecule has 1 aromatic rings. The molecular formula is C10H16N4S. The van der Waals surface area contributed by atoms with Crippen LogP contribution >= 0.6 is 11.8 Å². The summed E-state index contributed by atoms with van der Waals surface area (Å²) in [7, 11) is 1.88. The lowest BCUT2D eigenvalue weighted by Crippen LogP contribution is -2.07. The van der Waals surface area contributed by atoms with E-state index >= 15 is 0 Å². The third kappa shape index (κ3) is 3.92. The van der Waals surface area contributed by atoms with Gasteiger partial charge in [0.2, 0.25) is 0 Å². The summed E-state index contributed by atoms with van der Waals surface area (Å²) in [5.74, 6) is 0.984. The number of nitriles is 1. The topological polar surface area (TPSA) is 54.5 Å². The van der Waals surface area contributed by atoms with Crippen molar-refractivity contribution in [2.45, 2.75) is 31.8 Å². The van der Waals surface area contributed by atoms with Crippen molar-refractivity contribution in [1.29, 1.82) is 5.26 Å². The van der Waals surface area contributed by atoms with Crippen LogP contribution in [0.2, 0.25) is 0 Å². The van der Waals surface area contributed by atoms with E-state index in [1.165, 1.54) is 0 Å². The Balaban J connectivity index is 2.24. The number of aryl methyl sites for hydroxylation is 1. The van der Waals surface area contributed by atoms with Crippen LogP contribution in [0.4, 0.5) is 0 Å². The zero-order valence-corrected chi connectivity index (χ0v) is 10.2. The fourth-order valence-electron chi connectivity index (χ4n) is 1.15. The van der Waals surface area contributed by atoms with Crippen LogP contribution in [-0.4, -0.2) is 20.5 Å². The smallest absolute Gasteiger partial charge is 0.185 e. The summed E-state index contributed by atoms with van der Waals surface area (Å²) in [6.45, 7) is 3.94. The van der Waals surface area contributed by atoms with Gasteiger partial charge in [0.15, 0.2) is 5.16 Å². The van der Waals surface area contributed by atoms with E-state index in [4.69, 9.17) is 5.26 Å². The second-order valence-electron chi connectivity index (χ2n) is 4.11. The molecule has 0 fully saturated rings. The average molecular weight is 224 g/mol. The van der Waals surface area contributed by atoms with Crippen molar-refractivity contribution in [3.05, 3.63) is 6.33 Å². The summed E-state index contributed by atoms with van der Waals surface area (Å²) in [6, 6.07) is 2.30. The molecule has 0 aliphatic heterocycles. The number of aromatic nitrogens is 3. The summed E-state index contributed by atoms with van der Waals surface area (Å²) >= 11 is 1.68. The Kier molecular flexibility index (Phi) is 4.15. The van der Waals surface area contributed by atoms with E-state index in [0.29, 0.717) is 0 Å². The van der Waals surface area contributed by atoms with Crippen molar-refractivity contribution in [2.24, 2.45) is 12.5 Å². The lowest BCUT2D eigenvalue weighted by molar-refractivity contribution is 0.447. The Morgan fingerprint density at radius 1 is 1.60 bits per heavy atom. The van der Waals surface area contributed by atoms with E-state index in [-0.39, 0.29) is 5.41 Å². The van der Waals surface area contributed by atoms with Gasteiger partial charge >= 0.3 is 0 Å². The molecule has 0 aliphatic rings. The maximum absolute atomic E-state index is 8.84. The molecule has 0 saturated heterocycles. The zero-order valence-electron chi connectivity index (χ0n) is 9.40. The first-order valence-corrected chi connectivity index (χ1v) is 5.92. The van der Waals surface area contributed by atoms with Gasteiger partial charge in [0.05, 0.1) is 11.5 Å². The molecule has 1 heterocycles. The number of thioether (sulfide) groups is 1. The van der Waals surface area contributed by atoms with Crippen LogP contribution in [0.3, 0.4) is 0 Å². The SMILES string of the molecule is Cn1ncnc1SCCCC(C)(C)C#N. The van der Waals surface area contributed by atoms with Crippen LogP contribution < -0.4 is 0 Å². The Morgan fingerprint density at radius 3 is 2.87 bits per heavy atom. The van der Waals surface area contributed by atoms with Crippen molar-refractivity contribution in [3.63, 3.8) is 0 Å². The minimum Gasteiger partial charge on any atom is -0.244 e. The molecule has 82 valence electrons. The van der Waals surface area contributed by atoms with Gasteiger partial charge in [0, 0.05) is 12.8 Å². The molecule has 5 heteroatoms. The molecular weight excluding hydrogens is 208 g/mol. The Labute approximate surface area is 94.7 Å². The second kappa shape index (κ2) is 5.17. The molecule has 0 amide bonds. The van der Waals surface area contributed by atoms with Crippen molar-refractivity contribution < 1.29 is 0 Å². The molecule has 0 N–H and O–H groups in total. The summed E-state index contributed by atoms with van der Waals surface area (Å²) < 4.78 is 1.76. The Hall–Kier alpha value is -1.02. The predicted octanol–water partition coefficient (Wildman–Crippen LogP) is 2.24. The molecule has 0 saturated carbocycles. The molecule has 0 atom stereocenters. The number of hydrogen-bond donors (Lipinski definition) is 0. The highest BCUT2D eigenvalue weighted by molar-refractivity contribution is 7.99. The van der Waals surface area contributed by atoms with E-state index in [1.54, 1.807) is 22.8 Å². The molecule has 0 unspecified atom stereocenters. The quantitative estimate of drug-likeness (QED) is 0.568. The van der Waals surface area contributed by atoms with Crippen LogP contribution in [0.25, 0.3) is 0 Å². The first kappa shape index (κ1) is 12.1. The normalized spacial score (nSPS) is 11.3. The Morgan fingerprint density at radius 2 is 2.33 bits per heavy atom. The van der Waals surface area contributed by atoms with Gasteiger partial charge in [-0.05, 0) is 26.7 Å². The summed E-state index contributed by atoms with van der Waals surface area (Å²) in [5.41, 5.74) is -0.208. The van der Waals surface area contributed by atoms with Crippen LogP contribution in [0.15, 0.2) is 11.5 Å².